The number of hydrogen-bond acceptors (Lipinski definition) is 3. The van der Waals surface area contributed by atoms with Crippen molar-refractivity contribution < 1.29 is 9.84 Å². The molecule has 0 radical (unpaired) electrons. The highest BCUT2D eigenvalue weighted by Gasteiger charge is 2.19. The van der Waals surface area contributed by atoms with E-state index in [2.05, 4.69) is 47.2 Å². The number of hydrogen-bond donors (Lipinski definition) is 2. The summed E-state index contributed by atoms with van der Waals surface area (Å²) in [6.07, 6.45) is 2.90. The third kappa shape index (κ3) is 4.21. The van der Waals surface area contributed by atoms with Gasteiger partial charge < -0.3 is 15.2 Å². The third-order valence-corrected chi connectivity index (χ3v) is 4.21. The molecule has 2 N–H and O–H groups in total. The van der Waals surface area contributed by atoms with Crippen LogP contribution in [0.25, 0.3) is 0 Å². The first-order chi connectivity index (χ1) is 9.52. The highest BCUT2D eigenvalue weighted by atomic mass is 79.9. The van der Waals surface area contributed by atoms with Gasteiger partial charge in [-0.25, -0.2) is 0 Å². The van der Waals surface area contributed by atoms with E-state index in [0.29, 0.717) is 0 Å². The molecular weight excluding hydrogens is 318 g/mol. The summed E-state index contributed by atoms with van der Waals surface area (Å²) in [6.45, 7) is 7.30. The van der Waals surface area contributed by atoms with Gasteiger partial charge >= 0.3 is 0 Å². The first-order valence-electron chi connectivity index (χ1n) is 7.27. The molecule has 0 bridgehead atoms. The Labute approximate surface area is 129 Å². The Balaban J connectivity index is 1.92. The number of benzene rings is 1. The Kier molecular flexibility index (Phi) is 5.47. The maximum atomic E-state index is 8.93. The van der Waals surface area contributed by atoms with Gasteiger partial charge in [-0.05, 0) is 36.0 Å². The highest BCUT2D eigenvalue weighted by Crippen LogP contribution is 2.33. The first kappa shape index (κ1) is 15.8. The van der Waals surface area contributed by atoms with E-state index >= 15 is 0 Å². The maximum absolute atomic E-state index is 8.93. The predicted octanol–water partition coefficient (Wildman–Crippen LogP) is 3.27. The second-order valence-corrected chi connectivity index (χ2v) is 7.16. The molecule has 0 spiro atoms. The van der Waals surface area contributed by atoms with Crippen LogP contribution >= 0.6 is 15.9 Å². The second-order valence-electron chi connectivity index (χ2n) is 6.25. The summed E-state index contributed by atoms with van der Waals surface area (Å²) in [7, 11) is 0. The molecule has 0 aliphatic carbocycles. The number of rotatable bonds is 7. The molecule has 0 fully saturated rings. The molecule has 0 aromatic heterocycles. The van der Waals surface area contributed by atoms with Gasteiger partial charge in [-0.2, -0.15) is 0 Å². The molecule has 1 heterocycles. The molecular formula is C16H24BrNO2. The minimum atomic E-state index is 0.207. The van der Waals surface area contributed by atoms with E-state index in [0.717, 1.165) is 49.2 Å². The van der Waals surface area contributed by atoms with Crippen molar-refractivity contribution in [2.24, 2.45) is 5.41 Å². The Hall–Kier alpha value is -0.580. The molecule has 0 amide bonds. The van der Waals surface area contributed by atoms with Crippen molar-refractivity contribution in [1.29, 1.82) is 0 Å². The minimum absolute atomic E-state index is 0.207. The van der Waals surface area contributed by atoms with Gasteiger partial charge in [0, 0.05) is 36.2 Å². The third-order valence-electron chi connectivity index (χ3n) is 3.76. The molecule has 1 aliphatic rings. The van der Waals surface area contributed by atoms with E-state index < -0.39 is 0 Å². The highest BCUT2D eigenvalue weighted by molar-refractivity contribution is 9.10. The number of fused-ring (bicyclic) bond motifs is 1. The van der Waals surface area contributed by atoms with Crippen LogP contribution < -0.4 is 10.1 Å². The summed E-state index contributed by atoms with van der Waals surface area (Å²) < 4.78 is 6.86. The lowest BCUT2D eigenvalue weighted by Crippen LogP contribution is -2.29. The van der Waals surface area contributed by atoms with Gasteiger partial charge in [0.1, 0.15) is 5.75 Å². The summed E-state index contributed by atoms with van der Waals surface area (Å²) in [4.78, 5) is 0. The zero-order chi connectivity index (χ0) is 14.6. The molecule has 3 nitrogen and oxygen atoms in total. The molecule has 1 aliphatic heterocycles. The molecule has 0 saturated carbocycles. The molecule has 4 heteroatoms. The van der Waals surface area contributed by atoms with Gasteiger partial charge in [0.2, 0.25) is 0 Å². The van der Waals surface area contributed by atoms with Gasteiger partial charge in [0.05, 0.1) is 6.61 Å². The van der Waals surface area contributed by atoms with Crippen molar-refractivity contribution in [2.75, 3.05) is 19.8 Å². The van der Waals surface area contributed by atoms with Crippen LogP contribution in [0.2, 0.25) is 0 Å². The molecule has 0 unspecified atom stereocenters. The smallest absolute Gasteiger partial charge is 0.127 e. The molecule has 1 aromatic rings. The zero-order valence-electron chi connectivity index (χ0n) is 12.3. The lowest BCUT2D eigenvalue weighted by molar-refractivity contribution is 0.236. The Morgan fingerprint density at radius 2 is 2.20 bits per heavy atom. The van der Waals surface area contributed by atoms with E-state index in [1.165, 1.54) is 11.1 Å². The number of aliphatic hydroxyl groups excluding tert-OH is 1. The number of ether oxygens (including phenoxy) is 1. The Bertz CT molecular complexity index is 460. The van der Waals surface area contributed by atoms with E-state index in [1.54, 1.807) is 0 Å². The Morgan fingerprint density at radius 3 is 2.95 bits per heavy atom. The average molecular weight is 342 g/mol. The van der Waals surface area contributed by atoms with E-state index in [-0.39, 0.29) is 12.0 Å². The zero-order valence-corrected chi connectivity index (χ0v) is 13.9. The Morgan fingerprint density at radius 1 is 1.40 bits per heavy atom. The number of aliphatic hydroxyl groups is 1. The fourth-order valence-corrected chi connectivity index (χ4v) is 3.21. The van der Waals surface area contributed by atoms with Gasteiger partial charge in [-0.3, -0.25) is 0 Å². The standard InChI is InChI=1S/C16H24BrNO2/c1-16(2,5-3-6-19)11-18-10-13-9-14(17)8-12-4-7-20-15(12)13/h8-9,18-19H,3-7,10-11H2,1-2H3. The number of halogens is 1. The van der Waals surface area contributed by atoms with E-state index in [1.807, 2.05) is 0 Å². The summed E-state index contributed by atoms with van der Waals surface area (Å²) in [5, 5.41) is 12.5. The number of nitrogens with one attached hydrogen (secondary N) is 1. The van der Waals surface area contributed by atoms with Crippen molar-refractivity contribution in [3.63, 3.8) is 0 Å². The van der Waals surface area contributed by atoms with Crippen molar-refractivity contribution in [2.45, 2.75) is 39.7 Å². The lowest BCUT2D eigenvalue weighted by atomic mass is 9.88. The fraction of sp³-hybridized carbons (Fsp3) is 0.625. The van der Waals surface area contributed by atoms with Crippen LogP contribution in [-0.2, 0) is 13.0 Å². The van der Waals surface area contributed by atoms with E-state index in [9.17, 15) is 0 Å². The van der Waals surface area contributed by atoms with Crippen LogP contribution in [-0.4, -0.2) is 24.9 Å². The summed E-state index contributed by atoms with van der Waals surface area (Å²) in [5.41, 5.74) is 2.74. The fourth-order valence-electron chi connectivity index (χ4n) is 2.66. The molecule has 0 atom stereocenters. The van der Waals surface area contributed by atoms with Gasteiger partial charge in [0.15, 0.2) is 0 Å². The first-order valence-corrected chi connectivity index (χ1v) is 8.07. The summed E-state index contributed by atoms with van der Waals surface area (Å²) in [5.74, 6) is 1.06. The molecule has 20 heavy (non-hydrogen) atoms. The van der Waals surface area contributed by atoms with Crippen molar-refractivity contribution in [3.8, 4) is 5.75 Å². The topological polar surface area (TPSA) is 41.5 Å². The summed E-state index contributed by atoms with van der Waals surface area (Å²) >= 11 is 3.57. The SMILES string of the molecule is CC(C)(CCCO)CNCc1cc(Br)cc2c1OCC2. The van der Waals surface area contributed by atoms with Crippen molar-refractivity contribution in [1.82, 2.24) is 5.32 Å². The maximum Gasteiger partial charge on any atom is 0.127 e. The second kappa shape index (κ2) is 6.92. The van der Waals surface area contributed by atoms with Crippen LogP contribution in [0.1, 0.15) is 37.8 Å². The predicted molar refractivity (Wildman–Crippen MR) is 85.1 cm³/mol. The monoisotopic (exact) mass is 341 g/mol. The van der Waals surface area contributed by atoms with Gasteiger partial charge in [0.25, 0.3) is 0 Å². The average Bonchev–Trinajstić information content (AvgIpc) is 2.84. The van der Waals surface area contributed by atoms with Crippen LogP contribution in [0, 0.1) is 5.41 Å². The van der Waals surface area contributed by atoms with E-state index in [4.69, 9.17) is 9.84 Å². The van der Waals surface area contributed by atoms with Gasteiger partial charge in [-0.15, -0.1) is 0 Å². The lowest BCUT2D eigenvalue weighted by Gasteiger charge is -2.25. The largest absolute Gasteiger partial charge is 0.493 e. The molecule has 112 valence electrons. The van der Waals surface area contributed by atoms with Crippen LogP contribution in [0.3, 0.4) is 0 Å². The van der Waals surface area contributed by atoms with Gasteiger partial charge in [-0.1, -0.05) is 29.8 Å². The molecule has 0 saturated heterocycles. The van der Waals surface area contributed by atoms with Crippen molar-refractivity contribution in [3.05, 3.63) is 27.7 Å². The molecule has 1 aromatic carbocycles. The molecule has 2 rings (SSSR count). The van der Waals surface area contributed by atoms with Crippen LogP contribution in [0.4, 0.5) is 0 Å². The van der Waals surface area contributed by atoms with Crippen LogP contribution in [0.5, 0.6) is 5.75 Å². The quantitative estimate of drug-likeness (QED) is 0.799. The summed E-state index contributed by atoms with van der Waals surface area (Å²) in [6, 6.07) is 4.29. The van der Waals surface area contributed by atoms with Crippen LogP contribution in [0.15, 0.2) is 16.6 Å². The van der Waals surface area contributed by atoms with Crippen molar-refractivity contribution >= 4 is 15.9 Å². The minimum Gasteiger partial charge on any atom is -0.493 e. The normalized spacial score (nSPS) is 14.2.